The monoisotopic (exact) mass is 452 g/mol. The van der Waals surface area contributed by atoms with Gasteiger partial charge in [-0.15, -0.1) is 0 Å². The number of likely N-dealkylation sites (tertiary alicyclic amines) is 1. The van der Waals surface area contributed by atoms with Crippen molar-refractivity contribution in [3.8, 4) is 0 Å². The van der Waals surface area contributed by atoms with Crippen LogP contribution in [0.2, 0.25) is 0 Å². The van der Waals surface area contributed by atoms with Crippen molar-refractivity contribution >= 4 is 23.6 Å². The molecule has 0 aliphatic carbocycles. The molecule has 1 saturated heterocycles. The van der Waals surface area contributed by atoms with E-state index in [1.165, 1.54) is 0 Å². The number of carbonyl (C=O) groups is 3. The number of amides is 3. The van der Waals surface area contributed by atoms with Gasteiger partial charge in [-0.3, -0.25) is 4.79 Å². The number of urea groups is 1. The summed E-state index contributed by atoms with van der Waals surface area (Å²) in [7, 11) is 0. The molecule has 3 rings (SSSR count). The number of anilines is 1. The van der Waals surface area contributed by atoms with E-state index in [0.717, 1.165) is 29.7 Å². The van der Waals surface area contributed by atoms with Crippen molar-refractivity contribution in [3.63, 3.8) is 0 Å². The Labute approximate surface area is 194 Å². The Morgan fingerprint density at radius 2 is 1.61 bits per heavy atom. The van der Waals surface area contributed by atoms with Crippen LogP contribution in [0.15, 0.2) is 48.5 Å². The fourth-order valence-electron chi connectivity index (χ4n) is 3.82. The summed E-state index contributed by atoms with van der Waals surface area (Å²) in [5, 5.41) is 17.4. The molecule has 0 radical (unpaired) electrons. The first-order valence-corrected chi connectivity index (χ1v) is 11.4. The van der Waals surface area contributed by atoms with E-state index in [2.05, 4.69) is 16.0 Å². The predicted octanol–water partition coefficient (Wildman–Crippen LogP) is 3.66. The molecule has 0 unspecified atom stereocenters. The number of nitrogens with zero attached hydrogens (tertiary/aromatic N) is 1. The molecular formula is C25H32N4O4. The van der Waals surface area contributed by atoms with Crippen molar-refractivity contribution in [2.24, 2.45) is 0 Å². The maximum absolute atomic E-state index is 12.4. The van der Waals surface area contributed by atoms with Gasteiger partial charge >= 0.3 is 12.1 Å². The van der Waals surface area contributed by atoms with Gasteiger partial charge in [0.2, 0.25) is 0 Å². The lowest BCUT2D eigenvalue weighted by Gasteiger charge is -2.33. The molecule has 2 aromatic carbocycles. The van der Waals surface area contributed by atoms with Crippen LogP contribution < -0.4 is 16.0 Å². The molecule has 8 nitrogen and oxygen atoms in total. The van der Waals surface area contributed by atoms with E-state index in [1.807, 2.05) is 55.5 Å². The highest BCUT2D eigenvalue weighted by atomic mass is 16.4. The first-order chi connectivity index (χ1) is 15.9. The SMILES string of the molecule is Cc1ccc(C(=O)CCNC(=O)N2CCC(Nc3ccc(CCNC(=O)O)cc3)CC2)cc1. The highest BCUT2D eigenvalue weighted by molar-refractivity contribution is 5.96. The number of nitrogens with one attached hydrogen (secondary N) is 3. The molecule has 0 spiro atoms. The lowest BCUT2D eigenvalue weighted by Crippen LogP contribution is -2.47. The van der Waals surface area contributed by atoms with E-state index >= 15 is 0 Å². The Balaban J connectivity index is 1.34. The first kappa shape index (κ1) is 24.1. The normalized spacial score (nSPS) is 13.9. The van der Waals surface area contributed by atoms with Crippen LogP contribution in [0.1, 0.15) is 40.7 Å². The molecule has 3 amide bonds. The number of hydrogen-bond donors (Lipinski definition) is 4. The Kier molecular flexibility index (Phi) is 8.69. The maximum atomic E-state index is 12.4. The summed E-state index contributed by atoms with van der Waals surface area (Å²) in [6.45, 7) is 4.03. The van der Waals surface area contributed by atoms with Crippen LogP contribution in [0.3, 0.4) is 0 Å². The Bertz CT molecular complexity index is 936. The fourth-order valence-corrected chi connectivity index (χ4v) is 3.82. The van der Waals surface area contributed by atoms with Gasteiger partial charge in [-0.1, -0.05) is 42.0 Å². The second-order valence-corrected chi connectivity index (χ2v) is 8.36. The van der Waals surface area contributed by atoms with Crippen molar-refractivity contribution < 1.29 is 19.5 Å². The van der Waals surface area contributed by atoms with E-state index in [9.17, 15) is 14.4 Å². The number of carbonyl (C=O) groups excluding carboxylic acids is 2. The van der Waals surface area contributed by atoms with Crippen molar-refractivity contribution in [3.05, 3.63) is 65.2 Å². The van der Waals surface area contributed by atoms with Crippen molar-refractivity contribution in [2.75, 3.05) is 31.5 Å². The first-order valence-electron chi connectivity index (χ1n) is 11.4. The second-order valence-electron chi connectivity index (χ2n) is 8.36. The zero-order valence-electron chi connectivity index (χ0n) is 19.0. The smallest absolute Gasteiger partial charge is 0.404 e. The summed E-state index contributed by atoms with van der Waals surface area (Å²) < 4.78 is 0. The summed E-state index contributed by atoms with van der Waals surface area (Å²) in [5.41, 5.74) is 3.87. The number of rotatable bonds is 9. The van der Waals surface area contributed by atoms with Crippen LogP contribution in [0.25, 0.3) is 0 Å². The van der Waals surface area contributed by atoms with Gasteiger partial charge in [0.1, 0.15) is 0 Å². The molecule has 1 aliphatic rings. The Hall–Kier alpha value is -3.55. The summed E-state index contributed by atoms with van der Waals surface area (Å²) in [5.74, 6) is 0.0300. The van der Waals surface area contributed by atoms with Gasteiger partial charge in [-0.2, -0.15) is 0 Å². The molecule has 33 heavy (non-hydrogen) atoms. The number of hydrogen-bond acceptors (Lipinski definition) is 4. The topological polar surface area (TPSA) is 111 Å². The number of benzene rings is 2. The molecule has 2 aromatic rings. The van der Waals surface area contributed by atoms with Crippen LogP contribution in [0, 0.1) is 6.92 Å². The molecule has 4 N–H and O–H groups in total. The van der Waals surface area contributed by atoms with Gasteiger partial charge in [-0.25, -0.2) is 9.59 Å². The number of carboxylic acid groups (broad SMARTS) is 1. The quantitative estimate of drug-likeness (QED) is 0.434. The minimum Gasteiger partial charge on any atom is -0.465 e. The molecule has 8 heteroatoms. The van der Waals surface area contributed by atoms with E-state index in [0.29, 0.717) is 38.2 Å². The maximum Gasteiger partial charge on any atom is 0.404 e. The number of Topliss-reactive ketones (excluding diaryl/α,β-unsaturated/α-hetero) is 1. The molecule has 1 aliphatic heterocycles. The molecular weight excluding hydrogens is 420 g/mol. The zero-order valence-corrected chi connectivity index (χ0v) is 19.0. The highest BCUT2D eigenvalue weighted by Crippen LogP contribution is 2.17. The van der Waals surface area contributed by atoms with E-state index in [-0.39, 0.29) is 24.3 Å². The van der Waals surface area contributed by atoms with Crippen LogP contribution >= 0.6 is 0 Å². The largest absolute Gasteiger partial charge is 0.465 e. The van der Waals surface area contributed by atoms with Crippen molar-refractivity contribution in [1.82, 2.24) is 15.5 Å². The van der Waals surface area contributed by atoms with Crippen molar-refractivity contribution in [1.29, 1.82) is 0 Å². The zero-order chi connectivity index (χ0) is 23.6. The van der Waals surface area contributed by atoms with Gasteiger partial charge < -0.3 is 26.0 Å². The average Bonchev–Trinajstić information content (AvgIpc) is 2.81. The van der Waals surface area contributed by atoms with Crippen LogP contribution in [-0.4, -0.2) is 60.1 Å². The summed E-state index contributed by atoms with van der Waals surface area (Å²) in [4.78, 5) is 37.0. The Morgan fingerprint density at radius 1 is 0.939 bits per heavy atom. The minimum atomic E-state index is -1.01. The molecule has 1 heterocycles. The third-order valence-electron chi connectivity index (χ3n) is 5.80. The standard InChI is InChI=1S/C25H32N4O4/c1-18-2-6-20(7-3-18)23(30)11-15-26-24(31)29-16-12-22(13-17-29)28-21-8-4-19(5-9-21)10-14-27-25(32)33/h2-9,22,27-28H,10-17H2,1H3,(H,26,31)(H,32,33). The van der Waals surface area contributed by atoms with Gasteiger partial charge in [0.25, 0.3) is 0 Å². The molecule has 0 bridgehead atoms. The molecule has 0 saturated carbocycles. The van der Waals surface area contributed by atoms with Crippen LogP contribution in [0.5, 0.6) is 0 Å². The summed E-state index contributed by atoms with van der Waals surface area (Å²) >= 11 is 0. The second kappa shape index (κ2) is 11.9. The van der Waals surface area contributed by atoms with Gasteiger partial charge in [0.15, 0.2) is 5.78 Å². The molecule has 0 atom stereocenters. The third kappa shape index (κ3) is 7.82. The predicted molar refractivity (Wildman–Crippen MR) is 128 cm³/mol. The minimum absolute atomic E-state index is 0.0300. The molecule has 1 fully saturated rings. The van der Waals surface area contributed by atoms with Crippen LogP contribution in [-0.2, 0) is 6.42 Å². The fraction of sp³-hybridized carbons (Fsp3) is 0.400. The van der Waals surface area contributed by atoms with Gasteiger partial charge in [0, 0.05) is 49.9 Å². The Morgan fingerprint density at radius 3 is 2.24 bits per heavy atom. The summed E-state index contributed by atoms with van der Waals surface area (Å²) in [6, 6.07) is 15.6. The average molecular weight is 453 g/mol. The lowest BCUT2D eigenvalue weighted by atomic mass is 10.0. The number of ketones is 1. The van der Waals surface area contributed by atoms with E-state index in [1.54, 1.807) is 4.90 Å². The van der Waals surface area contributed by atoms with E-state index < -0.39 is 6.09 Å². The summed E-state index contributed by atoms with van der Waals surface area (Å²) in [6.07, 6.45) is 1.62. The number of aryl methyl sites for hydroxylation is 1. The van der Waals surface area contributed by atoms with Gasteiger partial charge in [-0.05, 0) is 43.9 Å². The molecule has 0 aromatic heterocycles. The highest BCUT2D eigenvalue weighted by Gasteiger charge is 2.22. The van der Waals surface area contributed by atoms with Crippen LogP contribution in [0.4, 0.5) is 15.3 Å². The number of piperidine rings is 1. The lowest BCUT2D eigenvalue weighted by molar-refractivity contribution is 0.0982. The van der Waals surface area contributed by atoms with Crippen molar-refractivity contribution in [2.45, 2.75) is 38.6 Å². The molecule has 176 valence electrons. The van der Waals surface area contributed by atoms with Gasteiger partial charge in [0.05, 0.1) is 0 Å². The third-order valence-corrected chi connectivity index (χ3v) is 5.80. The van der Waals surface area contributed by atoms with E-state index in [4.69, 9.17) is 5.11 Å².